The van der Waals surface area contributed by atoms with Gasteiger partial charge in [0.25, 0.3) is 15.9 Å². The van der Waals surface area contributed by atoms with Crippen LogP contribution < -0.4 is 15.4 Å². The van der Waals surface area contributed by atoms with Crippen molar-refractivity contribution in [3.8, 4) is 0 Å². The molecule has 0 aliphatic heterocycles. The number of hydrogen-bond acceptors (Lipinski definition) is 8. The van der Waals surface area contributed by atoms with Gasteiger partial charge in [0.1, 0.15) is 11.8 Å². The average molecular weight is 560 g/mol. The summed E-state index contributed by atoms with van der Waals surface area (Å²) < 4.78 is 32.8. The van der Waals surface area contributed by atoms with E-state index in [1.54, 1.807) is 38.1 Å². The highest BCUT2D eigenvalue weighted by Crippen LogP contribution is 2.34. The Morgan fingerprint density at radius 3 is 2.40 bits per heavy atom. The van der Waals surface area contributed by atoms with Crippen LogP contribution in [0.2, 0.25) is 0 Å². The van der Waals surface area contributed by atoms with Gasteiger partial charge in [0.15, 0.2) is 5.82 Å². The number of nitrogens with one attached hydrogen (secondary N) is 3. The molecule has 3 aromatic carbocycles. The van der Waals surface area contributed by atoms with Crippen LogP contribution in [0.15, 0.2) is 82.2 Å². The van der Waals surface area contributed by atoms with Crippen molar-refractivity contribution in [1.82, 2.24) is 15.5 Å². The average Bonchev–Trinajstić information content (AvgIpc) is 3.34. The Morgan fingerprint density at radius 1 is 1.00 bits per heavy atom. The third kappa shape index (κ3) is 5.29. The summed E-state index contributed by atoms with van der Waals surface area (Å²) in [6, 6.07) is 19.1. The minimum absolute atomic E-state index is 0.0333. The quantitative estimate of drug-likeness (QED) is 0.185. The number of sulfonamides is 1. The highest BCUT2D eigenvalue weighted by molar-refractivity contribution is 7.92. The van der Waals surface area contributed by atoms with E-state index in [0.717, 1.165) is 5.39 Å². The fourth-order valence-corrected chi connectivity index (χ4v) is 5.26. The molecule has 0 aliphatic rings. The maximum absolute atomic E-state index is 13.1. The second-order valence-corrected chi connectivity index (χ2v) is 10.7. The Balaban J connectivity index is 1.52. The molecule has 0 saturated carbocycles. The van der Waals surface area contributed by atoms with E-state index in [1.165, 1.54) is 18.2 Å². The number of anilines is 3. The van der Waals surface area contributed by atoms with Gasteiger partial charge >= 0.3 is 5.97 Å². The Labute approximate surface area is 229 Å². The van der Waals surface area contributed by atoms with Crippen LogP contribution in [-0.2, 0) is 14.8 Å². The van der Waals surface area contributed by atoms with Crippen LogP contribution in [-0.4, -0.2) is 41.6 Å². The lowest BCUT2D eigenvalue weighted by Gasteiger charge is -2.17. The number of hydrogen-bond donors (Lipinski definition) is 4. The normalized spacial score (nSPS) is 12.2. The highest BCUT2D eigenvalue weighted by Gasteiger charge is 2.22. The summed E-state index contributed by atoms with van der Waals surface area (Å²) in [6.07, 6.45) is 0.231. The maximum atomic E-state index is 13.1. The van der Waals surface area contributed by atoms with Crippen LogP contribution >= 0.6 is 0 Å². The van der Waals surface area contributed by atoms with Crippen molar-refractivity contribution < 1.29 is 27.6 Å². The van der Waals surface area contributed by atoms with Crippen molar-refractivity contribution in [3.05, 3.63) is 84.1 Å². The van der Waals surface area contributed by atoms with Gasteiger partial charge in [-0.15, -0.1) is 0 Å². The van der Waals surface area contributed by atoms with Crippen molar-refractivity contribution in [2.45, 2.75) is 31.2 Å². The van der Waals surface area contributed by atoms with Crippen molar-refractivity contribution in [2.24, 2.45) is 0 Å². The number of carbonyl (C=O) groups excluding carboxylic acids is 1. The number of rotatable bonds is 9. The first-order valence-electron chi connectivity index (χ1n) is 12.3. The van der Waals surface area contributed by atoms with Crippen molar-refractivity contribution in [3.63, 3.8) is 0 Å². The molecule has 0 spiro atoms. The fraction of sp³-hybridized carbons (Fsp3) is 0.143. The molecule has 0 radical (unpaired) electrons. The van der Waals surface area contributed by atoms with E-state index in [0.29, 0.717) is 33.6 Å². The number of aryl methyl sites for hydroxylation is 1. The lowest BCUT2D eigenvalue weighted by atomic mass is 10.0. The van der Waals surface area contributed by atoms with E-state index in [1.807, 2.05) is 30.3 Å². The van der Waals surface area contributed by atoms with Crippen molar-refractivity contribution in [2.75, 3.05) is 10.0 Å². The molecule has 4 N–H and O–H groups in total. The van der Waals surface area contributed by atoms with Gasteiger partial charge in [0, 0.05) is 22.5 Å². The molecule has 2 heterocycles. The first-order valence-corrected chi connectivity index (χ1v) is 13.8. The molecule has 40 heavy (non-hydrogen) atoms. The largest absolute Gasteiger partial charge is 0.480 e. The summed E-state index contributed by atoms with van der Waals surface area (Å²) in [5.41, 5.74) is 2.51. The topological polar surface area (TPSA) is 164 Å². The minimum Gasteiger partial charge on any atom is -0.480 e. The first kappa shape index (κ1) is 26.6. The lowest BCUT2D eigenvalue weighted by Crippen LogP contribution is -2.40. The summed E-state index contributed by atoms with van der Waals surface area (Å²) in [5, 5.41) is 20.4. The Bertz CT molecular complexity index is 1850. The molecule has 5 rings (SSSR count). The van der Waals surface area contributed by atoms with Crippen LogP contribution in [0.4, 0.5) is 17.2 Å². The molecule has 1 amide bonds. The van der Waals surface area contributed by atoms with Gasteiger partial charge in [-0.1, -0.05) is 42.4 Å². The zero-order valence-corrected chi connectivity index (χ0v) is 22.3. The molecule has 1 unspecified atom stereocenters. The first-order chi connectivity index (χ1) is 19.2. The van der Waals surface area contributed by atoms with Gasteiger partial charge in [-0.05, 0) is 49.7 Å². The molecule has 0 bridgehead atoms. The van der Waals surface area contributed by atoms with Gasteiger partial charge in [-0.3, -0.25) is 9.52 Å². The van der Waals surface area contributed by atoms with Crippen LogP contribution in [0.5, 0.6) is 0 Å². The Hall–Kier alpha value is -4.97. The molecular weight excluding hydrogens is 534 g/mol. The Morgan fingerprint density at radius 2 is 1.73 bits per heavy atom. The molecule has 11 nitrogen and oxygen atoms in total. The third-order valence-corrected chi connectivity index (χ3v) is 7.64. The molecule has 2 aromatic heterocycles. The number of para-hydroxylation sites is 2. The predicted molar refractivity (Wildman–Crippen MR) is 150 cm³/mol. The van der Waals surface area contributed by atoms with E-state index < -0.39 is 27.9 Å². The van der Waals surface area contributed by atoms with Crippen LogP contribution in [0.1, 0.15) is 29.5 Å². The van der Waals surface area contributed by atoms with E-state index in [9.17, 15) is 23.1 Å². The molecular formula is C28H25N5O6S. The van der Waals surface area contributed by atoms with Gasteiger partial charge in [0.2, 0.25) is 0 Å². The highest BCUT2D eigenvalue weighted by atomic mass is 32.2. The molecule has 0 fully saturated rings. The second kappa shape index (κ2) is 10.7. The lowest BCUT2D eigenvalue weighted by molar-refractivity contribution is -0.139. The summed E-state index contributed by atoms with van der Waals surface area (Å²) in [6.45, 7) is 3.34. The second-order valence-electron chi connectivity index (χ2n) is 9.06. The number of nitrogens with zero attached hydrogens (tertiary/aromatic N) is 2. The van der Waals surface area contributed by atoms with Crippen LogP contribution in [0.3, 0.4) is 0 Å². The van der Waals surface area contributed by atoms with E-state index in [2.05, 4.69) is 20.5 Å². The summed E-state index contributed by atoms with van der Waals surface area (Å²) in [5.74, 6) is -1.10. The van der Waals surface area contributed by atoms with E-state index in [-0.39, 0.29) is 22.7 Å². The molecule has 204 valence electrons. The zero-order chi connectivity index (χ0) is 28.4. The number of amides is 1. The maximum Gasteiger partial charge on any atom is 0.326 e. The Kier molecular flexibility index (Phi) is 7.09. The number of fused-ring (bicyclic) bond motifs is 2. The number of carboxylic acids is 1. The third-order valence-electron chi connectivity index (χ3n) is 6.27. The van der Waals surface area contributed by atoms with Crippen molar-refractivity contribution in [1.29, 1.82) is 0 Å². The summed E-state index contributed by atoms with van der Waals surface area (Å²) in [4.78, 5) is 29.3. The van der Waals surface area contributed by atoms with Gasteiger partial charge in [-0.25, -0.2) is 18.2 Å². The SMILES string of the molecule is CCC(NC(=O)c1cccc2c(Nc3ccc(S(=O)(=O)Nc4cc(C)on4)cc3)c3ccccc3nc12)C(=O)O. The van der Waals surface area contributed by atoms with E-state index in [4.69, 9.17) is 9.51 Å². The summed E-state index contributed by atoms with van der Waals surface area (Å²) in [7, 11) is -3.89. The number of aromatic nitrogens is 2. The number of pyridine rings is 1. The summed E-state index contributed by atoms with van der Waals surface area (Å²) >= 11 is 0. The number of aliphatic carboxylic acids is 1. The molecule has 5 aromatic rings. The molecule has 0 aliphatic carbocycles. The molecule has 1 atom stereocenters. The molecule has 0 saturated heterocycles. The van der Waals surface area contributed by atoms with Gasteiger partial charge < -0.3 is 20.3 Å². The van der Waals surface area contributed by atoms with Crippen LogP contribution in [0, 0.1) is 6.92 Å². The van der Waals surface area contributed by atoms with Gasteiger partial charge in [0.05, 0.1) is 27.2 Å². The van der Waals surface area contributed by atoms with Crippen molar-refractivity contribution >= 4 is 60.9 Å². The van der Waals surface area contributed by atoms with E-state index >= 15 is 0 Å². The molecule has 12 heteroatoms. The van der Waals surface area contributed by atoms with Gasteiger partial charge in [-0.2, -0.15) is 0 Å². The predicted octanol–water partition coefficient (Wildman–Crippen LogP) is 4.82. The van der Waals surface area contributed by atoms with Crippen LogP contribution in [0.25, 0.3) is 21.8 Å². The minimum atomic E-state index is -3.89. The number of carbonyl (C=O) groups is 2. The smallest absolute Gasteiger partial charge is 0.326 e. The zero-order valence-electron chi connectivity index (χ0n) is 21.5. The number of benzene rings is 3. The standard InChI is InChI=1S/C28H25N5O6S/c1-3-22(28(35)36)31-27(34)21-9-6-8-20-25(19-7-4-5-10-23(19)30-26(20)21)29-17-11-13-18(14-12-17)40(37,38)33-24-15-16(2)39-32-24/h4-15,22H,3H2,1-2H3,(H,29,30)(H,31,34)(H,32,33)(H,35,36). The number of carboxylic acid groups (broad SMARTS) is 1. The fourth-order valence-electron chi connectivity index (χ4n) is 4.28. The monoisotopic (exact) mass is 559 g/mol.